The van der Waals surface area contributed by atoms with E-state index in [4.69, 9.17) is 0 Å². The zero-order valence-corrected chi connectivity index (χ0v) is 20.7. The van der Waals surface area contributed by atoms with Crippen LogP contribution < -0.4 is 10.2 Å². The molecule has 0 aliphatic carbocycles. The van der Waals surface area contributed by atoms with Crippen molar-refractivity contribution in [3.05, 3.63) is 58.9 Å². The largest absolute Gasteiger partial charge is 0.393 e. The summed E-state index contributed by atoms with van der Waals surface area (Å²) in [7, 11) is 0. The number of hydrogen-bond donors (Lipinski definition) is 3. The first-order valence-electron chi connectivity index (χ1n) is 11.2. The first kappa shape index (κ1) is 24.8. The van der Waals surface area contributed by atoms with E-state index in [2.05, 4.69) is 14.7 Å². The van der Waals surface area contributed by atoms with Crippen molar-refractivity contribution in [2.75, 3.05) is 29.9 Å². The second kappa shape index (κ2) is 10.4. The maximum atomic E-state index is 13.0. The molecule has 2 aromatic carbocycles. The molecular weight excluding hydrogens is 436 g/mol. The molecule has 1 atom stereocenters. The van der Waals surface area contributed by atoms with Crippen LogP contribution in [0.25, 0.3) is 10.6 Å². The van der Waals surface area contributed by atoms with Gasteiger partial charge in [-0.05, 0) is 67.5 Å². The molecule has 1 aromatic heterocycles. The summed E-state index contributed by atoms with van der Waals surface area (Å²) in [4.78, 5) is 19.2. The molecule has 0 saturated heterocycles. The maximum Gasteiger partial charge on any atom is 0.246 e. The van der Waals surface area contributed by atoms with Crippen molar-refractivity contribution in [2.45, 2.75) is 46.6 Å². The van der Waals surface area contributed by atoms with E-state index in [9.17, 15) is 15.0 Å². The number of carbonyl (C=O) groups excluding carboxylic acids is 1. The number of aliphatic hydroxyl groups is 2. The Morgan fingerprint density at radius 3 is 2.67 bits per heavy atom. The Morgan fingerprint density at radius 2 is 2.00 bits per heavy atom. The van der Waals surface area contributed by atoms with Gasteiger partial charge in [0, 0.05) is 23.5 Å². The van der Waals surface area contributed by atoms with Gasteiger partial charge < -0.3 is 20.4 Å². The predicted molar refractivity (Wildman–Crippen MR) is 134 cm³/mol. The second-order valence-corrected chi connectivity index (χ2v) is 8.81. The SMILES string of the molecule is CC.Cc1nsc(-c2ccc(C)c(NCC(=O)N3CCc4c3cccc4C(C)(O)CO)c2)n1. The summed E-state index contributed by atoms with van der Waals surface area (Å²) in [5.74, 6) is 0.702. The molecule has 0 radical (unpaired) electrons. The zero-order valence-electron chi connectivity index (χ0n) is 19.8. The summed E-state index contributed by atoms with van der Waals surface area (Å²) in [5, 5.41) is 24.2. The van der Waals surface area contributed by atoms with Gasteiger partial charge in [0.2, 0.25) is 5.91 Å². The number of amides is 1. The number of rotatable bonds is 6. The van der Waals surface area contributed by atoms with Gasteiger partial charge >= 0.3 is 0 Å². The van der Waals surface area contributed by atoms with Crippen molar-refractivity contribution in [2.24, 2.45) is 0 Å². The van der Waals surface area contributed by atoms with Crippen LogP contribution in [0.2, 0.25) is 0 Å². The summed E-state index contributed by atoms with van der Waals surface area (Å²) in [5.41, 5.74) is 3.95. The molecule has 3 aromatic rings. The van der Waals surface area contributed by atoms with Gasteiger partial charge in [-0.2, -0.15) is 4.37 Å². The highest BCUT2D eigenvalue weighted by Crippen LogP contribution is 2.36. The highest BCUT2D eigenvalue weighted by molar-refractivity contribution is 7.09. The van der Waals surface area contributed by atoms with E-state index < -0.39 is 5.60 Å². The number of aromatic nitrogens is 2. The molecule has 1 aliphatic rings. The van der Waals surface area contributed by atoms with Crippen LogP contribution >= 0.6 is 11.5 Å². The van der Waals surface area contributed by atoms with Gasteiger partial charge in [0.1, 0.15) is 16.4 Å². The molecule has 0 spiro atoms. The molecule has 1 unspecified atom stereocenters. The first-order chi connectivity index (χ1) is 15.8. The van der Waals surface area contributed by atoms with Gasteiger partial charge in [0.25, 0.3) is 0 Å². The Bertz CT molecular complexity index is 1130. The Morgan fingerprint density at radius 1 is 1.24 bits per heavy atom. The predicted octanol–water partition coefficient (Wildman–Crippen LogP) is 4.05. The fourth-order valence-corrected chi connectivity index (χ4v) is 4.57. The van der Waals surface area contributed by atoms with E-state index in [1.165, 1.54) is 11.5 Å². The highest BCUT2D eigenvalue weighted by Gasteiger charge is 2.32. The van der Waals surface area contributed by atoms with Gasteiger partial charge in [-0.1, -0.05) is 38.1 Å². The molecule has 2 heterocycles. The molecular formula is C25H32N4O3S. The third kappa shape index (κ3) is 5.24. The fraction of sp³-hybridized carbons (Fsp3) is 0.400. The Labute approximate surface area is 199 Å². The van der Waals surface area contributed by atoms with Crippen molar-refractivity contribution in [3.63, 3.8) is 0 Å². The van der Waals surface area contributed by atoms with Crippen LogP contribution in [0.5, 0.6) is 0 Å². The van der Waals surface area contributed by atoms with Crippen LogP contribution in [-0.4, -0.2) is 45.2 Å². The Hall–Kier alpha value is -2.81. The number of fused-ring (bicyclic) bond motifs is 1. The van der Waals surface area contributed by atoms with Crippen LogP contribution in [0, 0.1) is 13.8 Å². The lowest BCUT2D eigenvalue weighted by molar-refractivity contribution is -0.116. The van der Waals surface area contributed by atoms with Gasteiger partial charge in [-0.15, -0.1) is 0 Å². The maximum absolute atomic E-state index is 13.0. The summed E-state index contributed by atoms with van der Waals surface area (Å²) in [6.45, 7) is 9.78. The standard InChI is InChI=1S/C23H26N4O3S.C2H6/c1-14-7-8-16(22-25-15(2)26-31-22)11-19(14)24-12-21(29)27-10-9-17-18(23(3,30)13-28)5-4-6-20(17)27;1-2/h4-8,11,24,28,30H,9-10,12-13H2,1-3H3;1-2H3. The van der Waals surface area contributed by atoms with Crippen LogP contribution in [0.15, 0.2) is 36.4 Å². The average Bonchev–Trinajstić information content (AvgIpc) is 3.46. The summed E-state index contributed by atoms with van der Waals surface area (Å²) >= 11 is 1.36. The van der Waals surface area contributed by atoms with Crippen LogP contribution in [0.1, 0.15) is 43.3 Å². The van der Waals surface area contributed by atoms with Gasteiger partial charge in [-0.3, -0.25) is 4.79 Å². The quantitative estimate of drug-likeness (QED) is 0.505. The van der Waals surface area contributed by atoms with Crippen molar-refractivity contribution in [3.8, 4) is 10.6 Å². The topological polar surface area (TPSA) is 98.6 Å². The minimum absolute atomic E-state index is 0.0453. The minimum atomic E-state index is -1.33. The minimum Gasteiger partial charge on any atom is -0.393 e. The smallest absolute Gasteiger partial charge is 0.246 e. The molecule has 33 heavy (non-hydrogen) atoms. The van der Waals surface area contributed by atoms with E-state index in [1.807, 2.05) is 64.1 Å². The Balaban J connectivity index is 0.00000149. The van der Waals surface area contributed by atoms with Crippen molar-refractivity contribution < 1.29 is 15.0 Å². The van der Waals surface area contributed by atoms with E-state index in [0.29, 0.717) is 18.5 Å². The van der Waals surface area contributed by atoms with Crippen molar-refractivity contribution >= 4 is 28.8 Å². The second-order valence-electron chi connectivity index (χ2n) is 8.06. The van der Waals surface area contributed by atoms with E-state index in [-0.39, 0.29) is 19.1 Å². The monoisotopic (exact) mass is 468 g/mol. The zero-order chi connectivity index (χ0) is 24.2. The molecule has 3 N–H and O–H groups in total. The molecule has 4 rings (SSSR count). The van der Waals surface area contributed by atoms with Crippen molar-refractivity contribution in [1.29, 1.82) is 0 Å². The number of nitrogens with zero attached hydrogens (tertiary/aromatic N) is 3. The number of nitrogens with one attached hydrogen (secondary N) is 1. The summed E-state index contributed by atoms with van der Waals surface area (Å²) < 4.78 is 4.24. The summed E-state index contributed by atoms with van der Waals surface area (Å²) in [6.07, 6.45) is 0.651. The van der Waals surface area contributed by atoms with E-state index in [1.54, 1.807) is 11.8 Å². The molecule has 1 aliphatic heterocycles. The molecule has 0 saturated carbocycles. The van der Waals surface area contributed by atoms with Crippen LogP contribution in [-0.2, 0) is 16.8 Å². The van der Waals surface area contributed by atoms with Gasteiger partial charge in [-0.25, -0.2) is 4.98 Å². The third-order valence-electron chi connectivity index (χ3n) is 5.66. The lowest BCUT2D eigenvalue weighted by atomic mass is 9.91. The molecule has 0 fully saturated rings. The lowest BCUT2D eigenvalue weighted by Gasteiger charge is -2.24. The van der Waals surface area contributed by atoms with Gasteiger partial charge in [0.15, 0.2) is 0 Å². The molecule has 176 valence electrons. The molecule has 1 amide bonds. The lowest BCUT2D eigenvalue weighted by Crippen LogP contribution is -2.34. The number of hydrogen-bond acceptors (Lipinski definition) is 7. The van der Waals surface area contributed by atoms with Crippen LogP contribution in [0.4, 0.5) is 11.4 Å². The third-order valence-corrected chi connectivity index (χ3v) is 6.51. The highest BCUT2D eigenvalue weighted by atomic mass is 32.1. The summed E-state index contributed by atoms with van der Waals surface area (Å²) in [6, 6.07) is 11.5. The number of anilines is 2. The number of aryl methyl sites for hydroxylation is 2. The van der Waals surface area contributed by atoms with E-state index in [0.717, 1.165) is 38.9 Å². The number of carbonyl (C=O) groups is 1. The number of benzene rings is 2. The molecule has 0 bridgehead atoms. The Kier molecular flexibility index (Phi) is 7.84. The van der Waals surface area contributed by atoms with Crippen molar-refractivity contribution in [1.82, 2.24) is 9.36 Å². The van der Waals surface area contributed by atoms with E-state index >= 15 is 0 Å². The molecule has 7 nitrogen and oxygen atoms in total. The van der Waals surface area contributed by atoms with Crippen LogP contribution in [0.3, 0.4) is 0 Å². The first-order valence-corrected chi connectivity index (χ1v) is 12.0. The number of aliphatic hydroxyl groups excluding tert-OH is 1. The van der Waals surface area contributed by atoms with Gasteiger partial charge in [0.05, 0.1) is 13.2 Å². The fourth-order valence-electron chi connectivity index (χ4n) is 3.91. The molecule has 8 heteroatoms. The normalized spacial score (nSPS) is 14.2. The average molecular weight is 469 g/mol.